The molecule has 8 nitrogen and oxygen atoms in total. The maximum absolute atomic E-state index is 11.6. The van der Waals surface area contributed by atoms with E-state index in [0.29, 0.717) is 34.3 Å². The Hall–Kier alpha value is -2.85. The minimum atomic E-state index is -2.36. The molecule has 3 rings (SSSR count). The van der Waals surface area contributed by atoms with Crippen molar-refractivity contribution in [1.29, 1.82) is 0 Å². The predicted molar refractivity (Wildman–Crippen MR) is 107 cm³/mol. The Morgan fingerprint density at radius 3 is 2.43 bits per heavy atom. The highest BCUT2D eigenvalue weighted by Gasteiger charge is 2.15. The molecule has 148 valence electrons. The van der Waals surface area contributed by atoms with Crippen LogP contribution in [0.3, 0.4) is 0 Å². The Labute approximate surface area is 168 Å². The molecule has 2 aromatic carbocycles. The van der Waals surface area contributed by atoms with Crippen LogP contribution in [0.2, 0.25) is 5.02 Å². The van der Waals surface area contributed by atoms with E-state index in [-0.39, 0.29) is 5.56 Å². The van der Waals surface area contributed by atoms with E-state index >= 15 is 0 Å². The molecule has 28 heavy (non-hydrogen) atoms. The van der Waals surface area contributed by atoms with E-state index in [1.54, 1.807) is 54.8 Å². The first-order valence-electron chi connectivity index (χ1n) is 7.80. The van der Waals surface area contributed by atoms with Crippen molar-refractivity contribution >= 4 is 40.2 Å². The van der Waals surface area contributed by atoms with Gasteiger partial charge in [-0.05, 0) is 42.0 Å². The maximum atomic E-state index is 11.6. The Kier molecular flexibility index (Phi) is 7.59. The van der Waals surface area contributed by atoms with Gasteiger partial charge in [0.2, 0.25) is 0 Å². The second-order valence-electron chi connectivity index (χ2n) is 5.50. The van der Waals surface area contributed by atoms with E-state index in [9.17, 15) is 9.90 Å². The first kappa shape index (κ1) is 21.5. The number of anilines is 2. The van der Waals surface area contributed by atoms with E-state index in [1.165, 1.54) is 0 Å². The lowest BCUT2D eigenvalue weighted by Gasteiger charge is -2.13. The lowest BCUT2D eigenvalue weighted by molar-refractivity contribution is 0.0698. The maximum Gasteiger partial charge on any atom is 0.337 e. The molecule has 0 spiro atoms. The SMILES string of the molecule is NS(=O)[O-].Nc1ccc(-c2cc(C(=O)O)c(NCc3ccco3)cc2Cl)cc1. The van der Waals surface area contributed by atoms with Crippen molar-refractivity contribution in [2.45, 2.75) is 6.54 Å². The van der Waals surface area contributed by atoms with Crippen LogP contribution < -0.4 is 16.2 Å². The quantitative estimate of drug-likeness (QED) is 0.363. The van der Waals surface area contributed by atoms with Gasteiger partial charge in [0.1, 0.15) is 5.76 Å². The highest BCUT2D eigenvalue weighted by molar-refractivity contribution is 7.76. The smallest absolute Gasteiger partial charge is 0.337 e. The number of nitrogens with two attached hydrogens (primary N) is 2. The summed E-state index contributed by atoms with van der Waals surface area (Å²) in [5.41, 5.74) is 8.32. The van der Waals surface area contributed by atoms with Crippen LogP contribution in [0, 0.1) is 0 Å². The molecule has 0 saturated heterocycles. The number of hydrogen-bond acceptors (Lipinski definition) is 6. The van der Waals surface area contributed by atoms with Gasteiger partial charge >= 0.3 is 5.97 Å². The summed E-state index contributed by atoms with van der Waals surface area (Å²) in [6.45, 7) is 0.366. The standard InChI is InChI=1S/C18H15ClN2O3.H3NO2S/c19-16-9-17(21-10-13-2-1-7-24-13)15(18(22)23)8-14(16)11-3-5-12(20)6-4-11;1-4(2)3/h1-9,21H,10,20H2,(H,22,23);1H2,(H,2,3)/p-1. The van der Waals surface area contributed by atoms with E-state index < -0.39 is 17.2 Å². The van der Waals surface area contributed by atoms with Gasteiger partial charge in [0, 0.05) is 22.5 Å². The van der Waals surface area contributed by atoms with Crippen molar-refractivity contribution in [3.05, 3.63) is 71.1 Å². The molecule has 10 heteroatoms. The van der Waals surface area contributed by atoms with Gasteiger partial charge in [0.25, 0.3) is 0 Å². The zero-order chi connectivity index (χ0) is 20.7. The fraction of sp³-hybridized carbons (Fsp3) is 0.0556. The molecule has 0 amide bonds. The van der Waals surface area contributed by atoms with Crippen LogP contribution in [-0.4, -0.2) is 19.8 Å². The average molecular weight is 423 g/mol. The zero-order valence-corrected chi connectivity index (χ0v) is 16.0. The van der Waals surface area contributed by atoms with Crippen LogP contribution in [0.4, 0.5) is 11.4 Å². The van der Waals surface area contributed by atoms with Gasteiger partial charge in [-0.3, -0.25) is 9.35 Å². The van der Waals surface area contributed by atoms with E-state index in [0.717, 1.165) is 5.56 Å². The van der Waals surface area contributed by atoms with Gasteiger partial charge in [-0.15, -0.1) is 0 Å². The first-order chi connectivity index (χ1) is 13.3. The summed E-state index contributed by atoms with van der Waals surface area (Å²) in [4.78, 5) is 11.6. The molecule has 1 unspecified atom stereocenters. The Bertz CT molecular complexity index is 958. The third kappa shape index (κ3) is 6.10. The number of aromatic carboxylic acids is 1. The van der Waals surface area contributed by atoms with Gasteiger partial charge in [0.05, 0.1) is 29.1 Å². The molecule has 1 aromatic heterocycles. The second-order valence-corrected chi connectivity index (χ2v) is 6.43. The molecule has 0 fully saturated rings. The molecule has 0 aliphatic carbocycles. The van der Waals surface area contributed by atoms with Gasteiger partial charge in [-0.2, -0.15) is 0 Å². The van der Waals surface area contributed by atoms with Crippen LogP contribution in [-0.2, 0) is 17.8 Å². The van der Waals surface area contributed by atoms with Crippen molar-refractivity contribution in [2.75, 3.05) is 11.1 Å². The number of nitrogens with one attached hydrogen (secondary N) is 1. The highest BCUT2D eigenvalue weighted by Crippen LogP contribution is 2.33. The van der Waals surface area contributed by atoms with Crippen molar-refractivity contribution < 1.29 is 23.1 Å². The van der Waals surface area contributed by atoms with Crippen molar-refractivity contribution in [3.8, 4) is 11.1 Å². The molecular weight excluding hydrogens is 406 g/mol. The average Bonchev–Trinajstić information content (AvgIpc) is 3.14. The number of rotatable bonds is 5. The van der Waals surface area contributed by atoms with Crippen molar-refractivity contribution in [3.63, 3.8) is 0 Å². The number of furan rings is 1. The number of halogens is 1. The van der Waals surface area contributed by atoms with Crippen LogP contribution in [0.15, 0.2) is 59.2 Å². The van der Waals surface area contributed by atoms with Gasteiger partial charge in [-0.1, -0.05) is 23.7 Å². The topological polar surface area (TPSA) is 155 Å². The summed E-state index contributed by atoms with van der Waals surface area (Å²) in [5.74, 6) is -0.338. The molecule has 0 aliphatic rings. The van der Waals surface area contributed by atoms with Crippen LogP contribution in [0.25, 0.3) is 11.1 Å². The summed E-state index contributed by atoms with van der Waals surface area (Å²) >= 11 is 3.99. The van der Waals surface area contributed by atoms with Crippen LogP contribution >= 0.6 is 11.6 Å². The normalized spacial score (nSPS) is 11.2. The van der Waals surface area contributed by atoms with E-state index in [4.69, 9.17) is 30.5 Å². The Morgan fingerprint density at radius 1 is 1.25 bits per heavy atom. The molecule has 0 bridgehead atoms. The number of carbonyl (C=O) groups is 1. The lowest BCUT2D eigenvalue weighted by Crippen LogP contribution is -2.06. The largest absolute Gasteiger partial charge is 0.760 e. The van der Waals surface area contributed by atoms with Crippen LogP contribution in [0.1, 0.15) is 16.1 Å². The number of benzene rings is 2. The summed E-state index contributed by atoms with van der Waals surface area (Å²) in [6, 6.07) is 13.8. The molecule has 0 saturated carbocycles. The van der Waals surface area contributed by atoms with Gasteiger partial charge in [-0.25, -0.2) is 4.79 Å². The minimum absolute atomic E-state index is 0.137. The minimum Gasteiger partial charge on any atom is -0.760 e. The third-order valence-corrected chi connectivity index (χ3v) is 3.91. The molecule has 6 N–H and O–H groups in total. The summed E-state index contributed by atoms with van der Waals surface area (Å²) < 4.78 is 22.8. The Morgan fingerprint density at radius 2 is 1.89 bits per heavy atom. The molecular formula is C18H17ClN3O5S-. The van der Waals surface area contributed by atoms with Gasteiger partial charge in [0.15, 0.2) is 0 Å². The van der Waals surface area contributed by atoms with Gasteiger partial charge < -0.3 is 25.1 Å². The number of nitrogen functional groups attached to an aromatic ring is 1. The third-order valence-electron chi connectivity index (χ3n) is 3.59. The molecule has 3 aromatic rings. The summed E-state index contributed by atoms with van der Waals surface area (Å²) in [6.07, 6.45) is 1.56. The van der Waals surface area contributed by atoms with Crippen LogP contribution in [0.5, 0.6) is 0 Å². The van der Waals surface area contributed by atoms with E-state index in [2.05, 4.69) is 10.5 Å². The fourth-order valence-electron chi connectivity index (χ4n) is 2.38. The summed E-state index contributed by atoms with van der Waals surface area (Å²) in [7, 11) is 0. The Balaban J connectivity index is 0.000000640. The van der Waals surface area contributed by atoms with Crippen molar-refractivity contribution in [1.82, 2.24) is 0 Å². The molecule has 0 radical (unpaired) electrons. The zero-order valence-electron chi connectivity index (χ0n) is 14.4. The molecule has 1 heterocycles. The molecule has 1 atom stereocenters. The molecule has 0 aliphatic heterocycles. The highest BCUT2D eigenvalue weighted by atomic mass is 35.5. The fourth-order valence-corrected chi connectivity index (χ4v) is 2.65. The number of hydrogen-bond donors (Lipinski definition) is 4. The first-order valence-corrected chi connectivity index (χ1v) is 9.32. The van der Waals surface area contributed by atoms with E-state index in [1.807, 2.05) is 0 Å². The lowest BCUT2D eigenvalue weighted by atomic mass is 10.0. The van der Waals surface area contributed by atoms with Crippen molar-refractivity contribution in [2.24, 2.45) is 5.14 Å². The second kappa shape index (κ2) is 9.90. The monoisotopic (exact) mass is 422 g/mol. The number of carboxylic acids is 1. The predicted octanol–water partition coefficient (Wildman–Crippen LogP) is 3.23. The summed E-state index contributed by atoms with van der Waals surface area (Å²) in [5, 5.41) is 17.0. The number of carboxylic acid groups (broad SMARTS) is 1.